The van der Waals surface area contributed by atoms with E-state index in [1.165, 1.54) is 0 Å². The standard InChI is InChI=1S/C14H18O2/c1-5-14(3,4)12-8-6-11(7-9-12)10(2)13(15)16/h5-10H,1H2,2-4H3,(H,15,16)/t10-/m0/s1. The first kappa shape index (κ1) is 12.5. The Kier molecular flexibility index (Phi) is 3.53. The van der Waals surface area contributed by atoms with Crippen LogP contribution in [0, 0.1) is 0 Å². The Balaban J connectivity index is 3.00. The zero-order valence-electron chi connectivity index (χ0n) is 10.0. The van der Waals surface area contributed by atoms with Gasteiger partial charge in [0.1, 0.15) is 0 Å². The molecule has 0 heterocycles. The van der Waals surface area contributed by atoms with Crippen molar-refractivity contribution in [2.24, 2.45) is 0 Å². The SMILES string of the molecule is C=CC(C)(C)c1ccc([C@H](C)C(=O)O)cc1. The summed E-state index contributed by atoms with van der Waals surface area (Å²) in [5.74, 6) is -1.25. The van der Waals surface area contributed by atoms with Crippen molar-refractivity contribution in [3.8, 4) is 0 Å². The highest BCUT2D eigenvalue weighted by Crippen LogP contribution is 2.26. The molecule has 1 N–H and O–H groups in total. The summed E-state index contributed by atoms with van der Waals surface area (Å²) in [6.07, 6.45) is 1.89. The van der Waals surface area contributed by atoms with E-state index >= 15 is 0 Å². The number of aliphatic carboxylic acids is 1. The van der Waals surface area contributed by atoms with Crippen LogP contribution in [0.3, 0.4) is 0 Å². The summed E-state index contributed by atoms with van der Waals surface area (Å²) in [5.41, 5.74) is 1.89. The topological polar surface area (TPSA) is 37.3 Å². The minimum atomic E-state index is -0.796. The highest BCUT2D eigenvalue weighted by atomic mass is 16.4. The number of carboxylic acids is 1. The van der Waals surface area contributed by atoms with Gasteiger partial charge in [-0.2, -0.15) is 0 Å². The molecule has 0 aliphatic rings. The van der Waals surface area contributed by atoms with Crippen molar-refractivity contribution in [2.45, 2.75) is 32.1 Å². The Morgan fingerprint density at radius 1 is 1.38 bits per heavy atom. The number of allylic oxidation sites excluding steroid dienone is 1. The zero-order valence-corrected chi connectivity index (χ0v) is 10.0. The van der Waals surface area contributed by atoms with Crippen LogP contribution in [0.4, 0.5) is 0 Å². The molecule has 0 radical (unpaired) electrons. The molecule has 86 valence electrons. The maximum absolute atomic E-state index is 10.8. The van der Waals surface area contributed by atoms with Crippen LogP contribution in [-0.4, -0.2) is 11.1 Å². The first-order chi connectivity index (χ1) is 7.38. The van der Waals surface area contributed by atoms with Crippen LogP contribution in [0.1, 0.15) is 37.8 Å². The van der Waals surface area contributed by atoms with Gasteiger partial charge in [-0.05, 0) is 18.1 Å². The van der Waals surface area contributed by atoms with Crippen LogP contribution < -0.4 is 0 Å². The van der Waals surface area contributed by atoms with Crippen molar-refractivity contribution >= 4 is 5.97 Å². The van der Waals surface area contributed by atoms with Gasteiger partial charge in [-0.1, -0.05) is 44.2 Å². The first-order valence-electron chi connectivity index (χ1n) is 5.35. The predicted octanol–water partition coefficient (Wildman–Crippen LogP) is 3.34. The fourth-order valence-electron chi connectivity index (χ4n) is 1.46. The third-order valence-corrected chi connectivity index (χ3v) is 3.04. The molecule has 0 saturated carbocycles. The third-order valence-electron chi connectivity index (χ3n) is 3.04. The highest BCUT2D eigenvalue weighted by Gasteiger charge is 2.18. The van der Waals surface area contributed by atoms with Crippen molar-refractivity contribution in [3.63, 3.8) is 0 Å². The van der Waals surface area contributed by atoms with E-state index < -0.39 is 11.9 Å². The first-order valence-corrected chi connectivity index (χ1v) is 5.35. The second kappa shape index (κ2) is 4.52. The molecule has 0 aliphatic heterocycles. The normalized spacial score (nSPS) is 13.2. The predicted molar refractivity (Wildman–Crippen MR) is 65.7 cm³/mol. The molecule has 0 unspecified atom stereocenters. The number of carboxylic acid groups (broad SMARTS) is 1. The van der Waals surface area contributed by atoms with Crippen molar-refractivity contribution in [1.82, 2.24) is 0 Å². The zero-order chi connectivity index (χ0) is 12.3. The number of rotatable bonds is 4. The van der Waals surface area contributed by atoms with Crippen LogP contribution in [0.5, 0.6) is 0 Å². The van der Waals surface area contributed by atoms with Crippen LogP contribution in [-0.2, 0) is 10.2 Å². The summed E-state index contributed by atoms with van der Waals surface area (Å²) in [6.45, 7) is 9.65. The van der Waals surface area contributed by atoms with Gasteiger partial charge in [0.05, 0.1) is 5.92 Å². The maximum atomic E-state index is 10.8. The van der Waals surface area contributed by atoms with Crippen LogP contribution in [0.25, 0.3) is 0 Å². The van der Waals surface area contributed by atoms with E-state index in [9.17, 15) is 4.79 Å². The van der Waals surface area contributed by atoms with Gasteiger partial charge < -0.3 is 5.11 Å². The van der Waals surface area contributed by atoms with Crippen LogP contribution >= 0.6 is 0 Å². The van der Waals surface area contributed by atoms with E-state index in [-0.39, 0.29) is 5.41 Å². The molecule has 1 aromatic carbocycles. The molecule has 1 atom stereocenters. The lowest BCUT2D eigenvalue weighted by molar-refractivity contribution is -0.138. The fourth-order valence-corrected chi connectivity index (χ4v) is 1.46. The van der Waals surface area contributed by atoms with E-state index in [0.29, 0.717) is 0 Å². The average molecular weight is 218 g/mol. The molecule has 1 aromatic rings. The summed E-state index contributed by atoms with van der Waals surface area (Å²) >= 11 is 0. The molecule has 0 amide bonds. The molecule has 0 aliphatic carbocycles. The number of hydrogen-bond acceptors (Lipinski definition) is 1. The van der Waals surface area contributed by atoms with Gasteiger partial charge in [0.2, 0.25) is 0 Å². The van der Waals surface area contributed by atoms with Gasteiger partial charge in [0.15, 0.2) is 0 Å². The molecule has 0 saturated heterocycles. The lowest BCUT2D eigenvalue weighted by Gasteiger charge is -2.21. The quantitative estimate of drug-likeness (QED) is 0.787. The Morgan fingerprint density at radius 2 is 1.88 bits per heavy atom. The minimum Gasteiger partial charge on any atom is -0.481 e. The van der Waals surface area contributed by atoms with Gasteiger partial charge in [0.25, 0.3) is 0 Å². The molecule has 0 bridgehead atoms. The number of benzene rings is 1. The molecule has 2 nitrogen and oxygen atoms in total. The van der Waals surface area contributed by atoms with Crippen molar-refractivity contribution < 1.29 is 9.90 Å². The van der Waals surface area contributed by atoms with Crippen LogP contribution in [0.2, 0.25) is 0 Å². The summed E-state index contributed by atoms with van der Waals surface area (Å²) in [4.78, 5) is 10.8. The fraction of sp³-hybridized carbons (Fsp3) is 0.357. The second-order valence-electron chi connectivity index (χ2n) is 4.61. The molecule has 2 heteroatoms. The number of hydrogen-bond donors (Lipinski definition) is 1. The van der Waals surface area contributed by atoms with E-state index in [1.54, 1.807) is 6.92 Å². The van der Waals surface area contributed by atoms with E-state index in [0.717, 1.165) is 11.1 Å². The molecule has 0 aromatic heterocycles. The Morgan fingerprint density at radius 3 is 2.25 bits per heavy atom. The van der Waals surface area contributed by atoms with Gasteiger partial charge >= 0.3 is 5.97 Å². The molecule has 0 fully saturated rings. The van der Waals surface area contributed by atoms with Crippen LogP contribution in [0.15, 0.2) is 36.9 Å². The summed E-state index contributed by atoms with van der Waals surface area (Å²) in [6, 6.07) is 7.69. The van der Waals surface area contributed by atoms with Crippen molar-refractivity contribution in [3.05, 3.63) is 48.0 Å². The van der Waals surface area contributed by atoms with Crippen molar-refractivity contribution in [2.75, 3.05) is 0 Å². The summed E-state index contributed by atoms with van der Waals surface area (Å²) in [5, 5.41) is 8.89. The Bertz CT molecular complexity index is 388. The lowest BCUT2D eigenvalue weighted by Crippen LogP contribution is -2.13. The summed E-state index contributed by atoms with van der Waals surface area (Å²) in [7, 11) is 0. The molecular weight excluding hydrogens is 200 g/mol. The van der Waals surface area contributed by atoms with E-state index in [2.05, 4.69) is 20.4 Å². The monoisotopic (exact) mass is 218 g/mol. The second-order valence-corrected chi connectivity index (χ2v) is 4.61. The molecule has 0 spiro atoms. The lowest BCUT2D eigenvalue weighted by atomic mass is 9.84. The third kappa shape index (κ3) is 2.51. The molecular formula is C14H18O2. The average Bonchev–Trinajstić information content (AvgIpc) is 2.28. The van der Waals surface area contributed by atoms with E-state index in [4.69, 9.17) is 5.11 Å². The maximum Gasteiger partial charge on any atom is 0.310 e. The Hall–Kier alpha value is -1.57. The number of carbonyl (C=O) groups is 1. The van der Waals surface area contributed by atoms with Gasteiger partial charge in [0, 0.05) is 5.41 Å². The molecule has 1 rings (SSSR count). The molecule has 16 heavy (non-hydrogen) atoms. The largest absolute Gasteiger partial charge is 0.481 e. The van der Waals surface area contributed by atoms with Gasteiger partial charge in [-0.3, -0.25) is 4.79 Å². The van der Waals surface area contributed by atoms with Gasteiger partial charge in [-0.25, -0.2) is 0 Å². The van der Waals surface area contributed by atoms with E-state index in [1.807, 2.05) is 30.3 Å². The van der Waals surface area contributed by atoms with Gasteiger partial charge in [-0.15, -0.1) is 6.58 Å². The minimum absolute atomic E-state index is 0.0784. The Labute approximate surface area is 96.6 Å². The highest BCUT2D eigenvalue weighted by molar-refractivity contribution is 5.75. The van der Waals surface area contributed by atoms with Crippen molar-refractivity contribution in [1.29, 1.82) is 0 Å². The summed E-state index contributed by atoms with van der Waals surface area (Å²) < 4.78 is 0. The smallest absolute Gasteiger partial charge is 0.310 e.